The van der Waals surface area contributed by atoms with E-state index in [1.54, 1.807) is 12.1 Å². The second-order valence-corrected chi connectivity index (χ2v) is 7.48. The van der Waals surface area contributed by atoms with Gasteiger partial charge in [-0.15, -0.1) is 12.4 Å². The van der Waals surface area contributed by atoms with Crippen LogP contribution in [-0.4, -0.2) is 27.8 Å². The predicted molar refractivity (Wildman–Crippen MR) is 110 cm³/mol. The van der Waals surface area contributed by atoms with E-state index in [-0.39, 0.29) is 23.9 Å². The van der Waals surface area contributed by atoms with Crippen LogP contribution >= 0.6 is 12.4 Å². The number of amides is 1. The van der Waals surface area contributed by atoms with Crippen molar-refractivity contribution in [3.8, 4) is 0 Å². The third-order valence-electron chi connectivity index (χ3n) is 5.36. The van der Waals surface area contributed by atoms with Gasteiger partial charge in [0, 0.05) is 18.5 Å². The summed E-state index contributed by atoms with van der Waals surface area (Å²) in [6.45, 7) is 5.01. The lowest BCUT2D eigenvalue weighted by molar-refractivity contribution is 0.0892. The molecule has 1 fully saturated rings. The number of halogens is 1. The molecule has 0 saturated heterocycles. The highest BCUT2D eigenvalue weighted by molar-refractivity contribution is 6.05. The van der Waals surface area contributed by atoms with Gasteiger partial charge in [0.05, 0.1) is 10.9 Å². The Labute approximate surface area is 165 Å². The van der Waals surface area contributed by atoms with Crippen molar-refractivity contribution in [2.75, 3.05) is 6.54 Å². The van der Waals surface area contributed by atoms with Crippen LogP contribution in [0.25, 0.3) is 10.8 Å². The van der Waals surface area contributed by atoms with Gasteiger partial charge in [-0.05, 0) is 38.2 Å². The molecule has 1 aromatic carbocycles. The number of nitrogens with zero attached hydrogens (tertiary/aromatic N) is 2. The smallest absolute Gasteiger partial charge is 0.274 e. The molecule has 1 amide bonds. The Bertz CT molecular complexity index is 863. The van der Waals surface area contributed by atoms with E-state index < -0.39 is 5.54 Å². The zero-order valence-electron chi connectivity index (χ0n) is 16.0. The van der Waals surface area contributed by atoms with Gasteiger partial charge < -0.3 is 11.1 Å². The fourth-order valence-electron chi connectivity index (χ4n) is 3.42. The first kappa shape index (κ1) is 21.4. The van der Waals surface area contributed by atoms with Gasteiger partial charge in [-0.3, -0.25) is 9.59 Å². The van der Waals surface area contributed by atoms with E-state index in [1.165, 1.54) is 4.68 Å². The Kier molecular flexibility index (Phi) is 7.00. The van der Waals surface area contributed by atoms with E-state index in [2.05, 4.69) is 17.3 Å². The molecule has 148 valence electrons. The molecular weight excluding hydrogens is 364 g/mol. The Morgan fingerprint density at radius 2 is 1.96 bits per heavy atom. The van der Waals surface area contributed by atoms with Crippen molar-refractivity contribution < 1.29 is 4.79 Å². The van der Waals surface area contributed by atoms with Crippen molar-refractivity contribution >= 4 is 29.1 Å². The minimum Gasteiger partial charge on any atom is -0.344 e. The van der Waals surface area contributed by atoms with Crippen molar-refractivity contribution in [3.63, 3.8) is 0 Å². The Morgan fingerprint density at radius 1 is 1.30 bits per heavy atom. The lowest BCUT2D eigenvalue weighted by Gasteiger charge is -2.29. The van der Waals surface area contributed by atoms with E-state index in [4.69, 9.17) is 5.73 Å². The number of carbonyl (C=O) groups is 1. The van der Waals surface area contributed by atoms with Gasteiger partial charge in [0.2, 0.25) is 0 Å². The van der Waals surface area contributed by atoms with Gasteiger partial charge in [0.15, 0.2) is 5.69 Å². The van der Waals surface area contributed by atoms with Gasteiger partial charge in [-0.2, -0.15) is 5.10 Å². The summed E-state index contributed by atoms with van der Waals surface area (Å²) >= 11 is 0. The van der Waals surface area contributed by atoms with E-state index in [0.717, 1.165) is 32.1 Å². The maximum absolute atomic E-state index is 13.0. The summed E-state index contributed by atoms with van der Waals surface area (Å²) in [6, 6.07) is 7.18. The van der Waals surface area contributed by atoms with Gasteiger partial charge >= 0.3 is 0 Å². The summed E-state index contributed by atoms with van der Waals surface area (Å²) in [4.78, 5) is 25.7. The van der Waals surface area contributed by atoms with Crippen LogP contribution in [0.4, 0.5) is 0 Å². The van der Waals surface area contributed by atoms with Crippen molar-refractivity contribution in [2.45, 2.75) is 58.0 Å². The standard InChI is InChI=1S/C20H28N4O2.ClH/c1-3-4-7-12-24-19(26)16-9-6-5-8-15(16)17(23-24)18(25)22-20(2,13-21)14-10-11-14;/h5-6,8-9,14H,3-4,7,10-13,21H2,1-2H3,(H,22,25);1H. The van der Waals surface area contributed by atoms with Gasteiger partial charge in [-0.25, -0.2) is 4.68 Å². The zero-order valence-corrected chi connectivity index (χ0v) is 16.8. The fraction of sp³-hybridized carbons (Fsp3) is 0.550. The molecule has 1 aliphatic rings. The molecule has 3 N–H and O–H groups in total. The SMILES string of the molecule is CCCCCn1nc(C(=O)NC(C)(CN)C2CC2)c2ccccc2c1=O.Cl. The molecule has 0 bridgehead atoms. The molecule has 1 heterocycles. The van der Waals surface area contributed by atoms with E-state index in [0.29, 0.717) is 35.5 Å². The second-order valence-electron chi connectivity index (χ2n) is 7.48. The highest BCUT2D eigenvalue weighted by Gasteiger charge is 2.42. The molecule has 0 spiro atoms. The molecule has 0 aliphatic heterocycles. The quantitative estimate of drug-likeness (QED) is 0.676. The van der Waals surface area contributed by atoms with Crippen LogP contribution in [0.2, 0.25) is 0 Å². The molecular formula is C20H29ClN4O2. The van der Waals surface area contributed by atoms with Gasteiger partial charge in [-0.1, -0.05) is 38.0 Å². The number of carbonyl (C=O) groups excluding carboxylic acids is 1. The first-order chi connectivity index (χ1) is 12.5. The van der Waals surface area contributed by atoms with Crippen molar-refractivity contribution in [3.05, 3.63) is 40.3 Å². The average Bonchev–Trinajstić information content (AvgIpc) is 3.49. The lowest BCUT2D eigenvalue weighted by Crippen LogP contribution is -2.53. The number of hydrogen-bond acceptors (Lipinski definition) is 4. The normalized spacial score (nSPS) is 15.8. The maximum Gasteiger partial charge on any atom is 0.274 e. The average molecular weight is 393 g/mol. The van der Waals surface area contributed by atoms with Crippen LogP contribution in [0.3, 0.4) is 0 Å². The minimum atomic E-state index is -0.428. The number of benzene rings is 1. The van der Waals surface area contributed by atoms with Crippen LogP contribution in [-0.2, 0) is 6.54 Å². The summed E-state index contributed by atoms with van der Waals surface area (Å²) in [5, 5.41) is 8.63. The molecule has 0 radical (unpaired) electrons. The summed E-state index contributed by atoms with van der Waals surface area (Å²) in [5.41, 5.74) is 5.67. The Balaban J connectivity index is 0.00000261. The van der Waals surface area contributed by atoms with Crippen molar-refractivity contribution in [1.29, 1.82) is 0 Å². The molecule has 2 aromatic rings. The van der Waals surface area contributed by atoms with E-state index in [9.17, 15) is 9.59 Å². The number of aromatic nitrogens is 2. The Morgan fingerprint density at radius 3 is 2.56 bits per heavy atom. The summed E-state index contributed by atoms with van der Waals surface area (Å²) < 4.78 is 1.43. The number of hydrogen-bond donors (Lipinski definition) is 2. The van der Waals surface area contributed by atoms with E-state index in [1.807, 2.05) is 19.1 Å². The molecule has 1 saturated carbocycles. The first-order valence-corrected chi connectivity index (χ1v) is 9.52. The molecule has 6 nitrogen and oxygen atoms in total. The number of unbranched alkanes of at least 4 members (excludes halogenated alkanes) is 2. The fourth-order valence-corrected chi connectivity index (χ4v) is 3.42. The molecule has 1 aromatic heterocycles. The van der Waals surface area contributed by atoms with Crippen LogP contribution in [0.15, 0.2) is 29.1 Å². The van der Waals surface area contributed by atoms with E-state index >= 15 is 0 Å². The summed E-state index contributed by atoms with van der Waals surface area (Å²) in [5.74, 6) is 0.156. The van der Waals surface area contributed by atoms with Crippen molar-refractivity contribution in [2.24, 2.45) is 11.7 Å². The van der Waals surface area contributed by atoms with Crippen LogP contribution in [0.1, 0.15) is 56.4 Å². The van der Waals surface area contributed by atoms with Crippen molar-refractivity contribution in [1.82, 2.24) is 15.1 Å². The van der Waals surface area contributed by atoms with Crippen LogP contribution in [0.5, 0.6) is 0 Å². The predicted octanol–water partition coefficient (Wildman–Crippen LogP) is 2.87. The molecule has 7 heteroatoms. The molecule has 1 aliphatic carbocycles. The number of aryl methyl sites for hydroxylation is 1. The third-order valence-corrected chi connectivity index (χ3v) is 5.36. The number of nitrogens with one attached hydrogen (secondary N) is 1. The van der Waals surface area contributed by atoms with Crippen LogP contribution in [0, 0.1) is 5.92 Å². The van der Waals surface area contributed by atoms with Gasteiger partial charge in [0.1, 0.15) is 0 Å². The first-order valence-electron chi connectivity index (χ1n) is 9.52. The molecule has 27 heavy (non-hydrogen) atoms. The number of fused-ring (bicyclic) bond motifs is 1. The van der Waals surface area contributed by atoms with Gasteiger partial charge in [0.25, 0.3) is 11.5 Å². The summed E-state index contributed by atoms with van der Waals surface area (Å²) in [6.07, 6.45) is 5.12. The minimum absolute atomic E-state index is 0. The number of rotatable bonds is 8. The topological polar surface area (TPSA) is 90.0 Å². The Hall–Kier alpha value is -1.92. The third kappa shape index (κ3) is 4.50. The van der Waals surface area contributed by atoms with Crippen LogP contribution < -0.4 is 16.6 Å². The monoisotopic (exact) mass is 392 g/mol. The molecule has 3 rings (SSSR count). The summed E-state index contributed by atoms with van der Waals surface area (Å²) in [7, 11) is 0. The highest BCUT2D eigenvalue weighted by atomic mass is 35.5. The number of nitrogens with two attached hydrogens (primary N) is 1. The second kappa shape index (κ2) is 8.85. The molecule has 1 atom stereocenters. The lowest BCUT2D eigenvalue weighted by atomic mass is 9.95. The maximum atomic E-state index is 13.0. The zero-order chi connectivity index (χ0) is 18.7. The molecule has 1 unspecified atom stereocenters. The largest absolute Gasteiger partial charge is 0.344 e. The highest BCUT2D eigenvalue weighted by Crippen LogP contribution is 2.39.